The average Bonchev–Trinajstić information content (AvgIpc) is 3.32. The van der Waals surface area contributed by atoms with Crippen LogP contribution in [0.4, 0.5) is 0 Å². The molecule has 5 nitrogen and oxygen atoms in total. The predicted molar refractivity (Wildman–Crippen MR) is 142 cm³/mol. The van der Waals surface area contributed by atoms with Gasteiger partial charge >= 0.3 is 0 Å². The van der Waals surface area contributed by atoms with Crippen molar-refractivity contribution < 1.29 is 9.63 Å². The van der Waals surface area contributed by atoms with E-state index in [1.807, 2.05) is 11.4 Å². The van der Waals surface area contributed by atoms with E-state index in [0.29, 0.717) is 11.6 Å². The minimum atomic E-state index is -0.210. The summed E-state index contributed by atoms with van der Waals surface area (Å²) in [7, 11) is 3.15. The second-order valence-corrected chi connectivity index (χ2v) is 9.20. The Morgan fingerprint density at radius 3 is 2.59 bits per heavy atom. The maximum atomic E-state index is 11.5. The number of benzene rings is 2. The second kappa shape index (κ2) is 12.4. The number of hydrogen-bond acceptors (Lipinski definition) is 5. The van der Waals surface area contributed by atoms with Gasteiger partial charge in [0.05, 0.1) is 11.5 Å². The summed E-state index contributed by atoms with van der Waals surface area (Å²) >= 11 is 1.44. The van der Waals surface area contributed by atoms with Crippen molar-refractivity contribution in [3.05, 3.63) is 99.3 Å². The molecule has 3 aromatic rings. The van der Waals surface area contributed by atoms with Gasteiger partial charge in [-0.05, 0) is 59.9 Å². The van der Waals surface area contributed by atoms with Crippen LogP contribution in [-0.2, 0) is 22.7 Å². The van der Waals surface area contributed by atoms with Crippen LogP contribution in [0.2, 0.25) is 0 Å². The molecule has 0 aliphatic heterocycles. The molecule has 4 rings (SSSR count). The summed E-state index contributed by atoms with van der Waals surface area (Å²) in [5.41, 5.74) is 8.14. The molecular weight excluding hydrogens is 442 g/mol. The molecule has 1 aromatic heterocycles. The van der Waals surface area contributed by atoms with Crippen LogP contribution in [0.5, 0.6) is 0 Å². The van der Waals surface area contributed by atoms with Crippen LogP contribution >= 0.6 is 11.3 Å². The van der Waals surface area contributed by atoms with E-state index in [2.05, 4.69) is 77.2 Å². The Morgan fingerprint density at radius 1 is 1.21 bits per heavy atom. The van der Waals surface area contributed by atoms with Gasteiger partial charge in [0.1, 0.15) is 5.71 Å². The summed E-state index contributed by atoms with van der Waals surface area (Å²) < 4.78 is 0. The van der Waals surface area contributed by atoms with E-state index in [4.69, 9.17) is 5.90 Å². The molecule has 0 spiro atoms. The zero-order chi connectivity index (χ0) is 24.5. The molecule has 0 fully saturated rings. The molecule has 34 heavy (non-hydrogen) atoms. The number of amides is 1. The number of nitrogens with one attached hydrogen (secondary N) is 1. The standard InChI is InChI=1S/C19H20.C9H13N3O2S/c1-14(2)15-10-12-17(13-11-15)19-9-5-7-16-6-3-4-8-18(16)19;1-11-7(9(13)12-2)8-6(5-14-10)3-4-15-8/h3-4,6,8,10-13,19H,1,5,7,9H2,2H3;3-4H,5,10H2,1-2H3,(H,12,13). The van der Waals surface area contributed by atoms with Crippen molar-refractivity contribution in [2.75, 3.05) is 14.1 Å². The molecule has 1 amide bonds. The maximum absolute atomic E-state index is 11.5. The van der Waals surface area contributed by atoms with Gasteiger partial charge < -0.3 is 5.32 Å². The quantitative estimate of drug-likeness (QED) is 0.365. The van der Waals surface area contributed by atoms with Gasteiger partial charge in [-0.15, -0.1) is 11.3 Å². The molecule has 0 saturated heterocycles. The summed E-state index contributed by atoms with van der Waals surface area (Å²) in [5.74, 6) is 5.37. The Labute approximate surface area is 206 Å². The number of carbonyl (C=O) groups excluding carboxylic acids is 1. The third kappa shape index (κ3) is 6.08. The van der Waals surface area contributed by atoms with Crippen molar-refractivity contribution in [2.24, 2.45) is 10.9 Å². The van der Waals surface area contributed by atoms with Gasteiger partial charge in [0.2, 0.25) is 0 Å². The van der Waals surface area contributed by atoms with Gasteiger partial charge in [-0.25, -0.2) is 5.90 Å². The molecule has 1 heterocycles. The van der Waals surface area contributed by atoms with E-state index in [9.17, 15) is 4.79 Å². The van der Waals surface area contributed by atoms with Gasteiger partial charge in [0.25, 0.3) is 5.91 Å². The lowest BCUT2D eigenvalue weighted by molar-refractivity contribution is -0.114. The smallest absolute Gasteiger partial charge is 0.270 e. The summed E-state index contributed by atoms with van der Waals surface area (Å²) in [4.78, 5) is 20.8. The minimum absolute atomic E-state index is 0.210. The van der Waals surface area contributed by atoms with E-state index in [-0.39, 0.29) is 12.5 Å². The number of aliphatic imine (C=N–C) groups is 1. The third-order valence-electron chi connectivity index (χ3n) is 6.04. The van der Waals surface area contributed by atoms with Crippen molar-refractivity contribution >= 4 is 28.5 Å². The van der Waals surface area contributed by atoms with Crippen LogP contribution in [0.1, 0.15) is 58.4 Å². The highest BCUT2D eigenvalue weighted by Gasteiger charge is 2.21. The molecule has 1 unspecified atom stereocenters. The van der Waals surface area contributed by atoms with Crippen LogP contribution in [0.25, 0.3) is 5.57 Å². The fourth-order valence-electron chi connectivity index (χ4n) is 4.27. The number of rotatable bonds is 6. The fourth-order valence-corrected chi connectivity index (χ4v) is 5.21. The first-order chi connectivity index (χ1) is 16.5. The monoisotopic (exact) mass is 475 g/mol. The molecule has 1 aliphatic rings. The number of thiophene rings is 1. The summed E-state index contributed by atoms with van der Waals surface area (Å²) in [6.45, 7) is 6.34. The molecular formula is C28H33N3O2S. The SMILES string of the molecule is C=C(C)c1ccc(C2CCCc3ccccc32)cc1.CN=C(C(=O)NC)c1sccc1CON. The van der Waals surface area contributed by atoms with Crippen LogP contribution in [0.3, 0.4) is 0 Å². The van der Waals surface area contributed by atoms with Crippen molar-refractivity contribution in [3.63, 3.8) is 0 Å². The van der Waals surface area contributed by atoms with Gasteiger partial charge in [-0.1, -0.05) is 60.7 Å². The molecule has 0 radical (unpaired) electrons. The van der Waals surface area contributed by atoms with Crippen LogP contribution in [0, 0.1) is 0 Å². The minimum Gasteiger partial charge on any atom is -0.354 e. The topological polar surface area (TPSA) is 76.7 Å². The normalized spacial score (nSPS) is 15.1. The Morgan fingerprint density at radius 2 is 1.94 bits per heavy atom. The number of likely N-dealkylation sites (N-methyl/N-ethyl adjacent to an activating group) is 1. The number of aryl methyl sites for hydroxylation is 1. The van der Waals surface area contributed by atoms with E-state index in [1.54, 1.807) is 14.1 Å². The highest BCUT2D eigenvalue weighted by molar-refractivity contribution is 7.13. The van der Waals surface area contributed by atoms with E-state index < -0.39 is 0 Å². The van der Waals surface area contributed by atoms with Crippen LogP contribution in [-0.4, -0.2) is 25.7 Å². The van der Waals surface area contributed by atoms with Gasteiger partial charge in [-0.2, -0.15) is 0 Å². The van der Waals surface area contributed by atoms with Gasteiger partial charge in [0.15, 0.2) is 0 Å². The van der Waals surface area contributed by atoms with Crippen molar-refractivity contribution in [2.45, 2.75) is 38.7 Å². The van der Waals surface area contributed by atoms with Crippen molar-refractivity contribution in [1.82, 2.24) is 5.32 Å². The lowest BCUT2D eigenvalue weighted by Crippen LogP contribution is -2.28. The van der Waals surface area contributed by atoms with E-state index >= 15 is 0 Å². The van der Waals surface area contributed by atoms with Gasteiger partial charge in [-0.3, -0.25) is 14.6 Å². The zero-order valence-electron chi connectivity index (χ0n) is 20.1. The summed E-state index contributed by atoms with van der Waals surface area (Å²) in [6.07, 6.45) is 3.80. The first kappa shape index (κ1) is 25.6. The highest BCUT2D eigenvalue weighted by Crippen LogP contribution is 2.36. The average molecular weight is 476 g/mol. The number of carbonyl (C=O) groups is 1. The van der Waals surface area contributed by atoms with Crippen LogP contribution < -0.4 is 11.2 Å². The lowest BCUT2D eigenvalue weighted by atomic mass is 9.79. The van der Waals surface area contributed by atoms with Crippen LogP contribution in [0.15, 0.2) is 71.5 Å². The molecule has 3 N–H and O–H groups in total. The van der Waals surface area contributed by atoms with E-state index in [0.717, 1.165) is 16.0 Å². The maximum Gasteiger partial charge on any atom is 0.270 e. The van der Waals surface area contributed by atoms with Gasteiger partial charge in [0, 0.05) is 25.6 Å². The Bertz CT molecular complexity index is 1150. The molecule has 178 valence electrons. The molecule has 2 aromatic carbocycles. The fraction of sp³-hybridized carbons (Fsp3) is 0.286. The number of nitrogens with two attached hydrogens (primary N) is 1. The zero-order valence-corrected chi connectivity index (χ0v) is 21.0. The summed E-state index contributed by atoms with van der Waals surface area (Å²) in [6, 6.07) is 19.7. The Balaban J connectivity index is 0.000000197. The Kier molecular flexibility index (Phi) is 9.33. The lowest BCUT2D eigenvalue weighted by Gasteiger charge is -2.26. The molecule has 0 bridgehead atoms. The number of fused-ring (bicyclic) bond motifs is 1. The number of nitrogens with zero attached hydrogens (tertiary/aromatic N) is 1. The third-order valence-corrected chi connectivity index (χ3v) is 7.01. The molecule has 0 saturated carbocycles. The predicted octanol–water partition coefficient (Wildman–Crippen LogP) is 5.49. The first-order valence-electron chi connectivity index (χ1n) is 11.4. The molecule has 6 heteroatoms. The molecule has 1 atom stereocenters. The summed E-state index contributed by atoms with van der Waals surface area (Å²) in [5, 5.41) is 4.41. The second-order valence-electron chi connectivity index (χ2n) is 8.28. The van der Waals surface area contributed by atoms with E-state index in [1.165, 1.54) is 52.9 Å². The number of allylic oxidation sites excluding steroid dienone is 1. The van der Waals surface area contributed by atoms with Crippen molar-refractivity contribution in [1.29, 1.82) is 0 Å². The largest absolute Gasteiger partial charge is 0.354 e. The van der Waals surface area contributed by atoms with Crippen molar-refractivity contribution in [3.8, 4) is 0 Å². The highest BCUT2D eigenvalue weighted by atomic mass is 32.1. The number of hydrogen-bond donors (Lipinski definition) is 2. The first-order valence-corrected chi connectivity index (χ1v) is 12.3. The Hall–Kier alpha value is -3.06. The molecule has 1 aliphatic carbocycles.